The molecule has 4 heteroatoms. The van der Waals surface area contributed by atoms with Gasteiger partial charge in [-0.2, -0.15) is 0 Å². The molecule has 0 spiro atoms. The molecule has 0 aromatic heterocycles. The lowest BCUT2D eigenvalue weighted by Crippen LogP contribution is -2.47. The molecule has 2 atom stereocenters. The first-order valence-corrected chi connectivity index (χ1v) is 4.68. The van der Waals surface area contributed by atoms with Gasteiger partial charge >= 0.3 is 0 Å². The summed E-state index contributed by atoms with van der Waals surface area (Å²) in [6.07, 6.45) is 4.68. The maximum atomic E-state index is 5.93. The van der Waals surface area contributed by atoms with Crippen molar-refractivity contribution in [2.45, 2.75) is 24.9 Å². The average Bonchev–Trinajstić information content (AvgIpc) is 2.04. The second-order valence-corrected chi connectivity index (χ2v) is 3.72. The minimum atomic E-state index is 0.123. The number of hydrogen-bond donors (Lipinski definition) is 0. The van der Waals surface area contributed by atoms with Crippen molar-refractivity contribution in [3.63, 3.8) is 0 Å². The van der Waals surface area contributed by atoms with Crippen LogP contribution < -0.4 is 0 Å². The standard InChI is InChI=1S/C8H12Cl2N2/c1-6-5-8(10)12(6)4-3-7(9)11-2/h3-4,6,8H,5H2,1-2H3/b4-3-,11-7?. The maximum absolute atomic E-state index is 5.93. The third-order valence-corrected chi connectivity index (χ3v) is 2.66. The summed E-state index contributed by atoms with van der Waals surface area (Å²) in [7, 11) is 1.66. The largest absolute Gasteiger partial charge is 0.358 e. The van der Waals surface area contributed by atoms with Crippen LogP contribution in [0.15, 0.2) is 17.3 Å². The van der Waals surface area contributed by atoms with Crippen LogP contribution in [0.3, 0.4) is 0 Å². The van der Waals surface area contributed by atoms with Crippen LogP contribution in [0.25, 0.3) is 0 Å². The number of alkyl halides is 1. The number of halogens is 2. The van der Waals surface area contributed by atoms with Gasteiger partial charge in [0.05, 0.1) is 0 Å². The van der Waals surface area contributed by atoms with E-state index in [-0.39, 0.29) is 5.50 Å². The zero-order valence-corrected chi connectivity index (χ0v) is 8.68. The molecule has 1 heterocycles. The van der Waals surface area contributed by atoms with E-state index in [0.717, 1.165) is 6.42 Å². The molecular weight excluding hydrogens is 195 g/mol. The first-order valence-electron chi connectivity index (χ1n) is 3.87. The Balaban J connectivity index is 2.45. The number of nitrogens with zero attached hydrogens (tertiary/aromatic N) is 2. The minimum Gasteiger partial charge on any atom is -0.358 e. The second-order valence-electron chi connectivity index (χ2n) is 2.83. The molecule has 0 N–H and O–H groups in total. The van der Waals surface area contributed by atoms with E-state index in [0.29, 0.717) is 11.2 Å². The van der Waals surface area contributed by atoms with Crippen molar-refractivity contribution in [2.24, 2.45) is 4.99 Å². The molecule has 2 nitrogen and oxygen atoms in total. The molecule has 68 valence electrons. The molecular formula is C8H12Cl2N2. The quantitative estimate of drug-likeness (QED) is 0.385. The van der Waals surface area contributed by atoms with Gasteiger partial charge in [-0.25, -0.2) is 0 Å². The molecule has 1 aliphatic heterocycles. The van der Waals surface area contributed by atoms with E-state index in [2.05, 4.69) is 16.8 Å². The lowest BCUT2D eigenvalue weighted by molar-refractivity contribution is 0.140. The van der Waals surface area contributed by atoms with Crippen LogP contribution in [0.1, 0.15) is 13.3 Å². The summed E-state index contributed by atoms with van der Waals surface area (Å²) in [5, 5.41) is 0.498. The topological polar surface area (TPSA) is 15.6 Å². The molecule has 1 aliphatic rings. The molecule has 1 rings (SSSR count). The van der Waals surface area contributed by atoms with Gasteiger partial charge in [0.2, 0.25) is 0 Å². The van der Waals surface area contributed by atoms with Gasteiger partial charge in [-0.3, -0.25) is 4.99 Å². The van der Waals surface area contributed by atoms with Crippen molar-refractivity contribution >= 4 is 28.4 Å². The Morgan fingerprint density at radius 3 is 2.75 bits per heavy atom. The van der Waals surface area contributed by atoms with Crippen LogP contribution in [0.2, 0.25) is 0 Å². The van der Waals surface area contributed by atoms with Crippen molar-refractivity contribution in [3.05, 3.63) is 12.3 Å². The molecule has 0 aromatic rings. The van der Waals surface area contributed by atoms with Gasteiger partial charge in [0.15, 0.2) is 0 Å². The monoisotopic (exact) mass is 206 g/mol. The van der Waals surface area contributed by atoms with Gasteiger partial charge in [-0.1, -0.05) is 23.2 Å². The van der Waals surface area contributed by atoms with E-state index < -0.39 is 0 Å². The highest BCUT2D eigenvalue weighted by atomic mass is 35.5. The highest BCUT2D eigenvalue weighted by molar-refractivity contribution is 6.68. The summed E-state index contributed by atoms with van der Waals surface area (Å²) in [6, 6.07) is 0.519. The SMILES string of the molecule is CN=C(Cl)/C=C\N1C(C)CC1Cl. The first-order chi connectivity index (χ1) is 5.65. The van der Waals surface area contributed by atoms with Crippen LogP contribution in [0.5, 0.6) is 0 Å². The minimum absolute atomic E-state index is 0.123. The van der Waals surface area contributed by atoms with Crippen molar-refractivity contribution in [3.8, 4) is 0 Å². The van der Waals surface area contributed by atoms with Gasteiger partial charge in [-0.05, 0) is 13.0 Å². The first kappa shape index (κ1) is 9.87. The van der Waals surface area contributed by atoms with E-state index in [1.807, 2.05) is 6.20 Å². The van der Waals surface area contributed by atoms with Crippen LogP contribution >= 0.6 is 23.2 Å². The zero-order chi connectivity index (χ0) is 9.14. The van der Waals surface area contributed by atoms with Gasteiger partial charge in [0.1, 0.15) is 10.7 Å². The van der Waals surface area contributed by atoms with Crippen molar-refractivity contribution < 1.29 is 0 Å². The van der Waals surface area contributed by atoms with E-state index in [4.69, 9.17) is 23.2 Å². The summed E-state index contributed by atoms with van der Waals surface area (Å²) >= 11 is 11.6. The molecule has 0 aromatic carbocycles. The summed E-state index contributed by atoms with van der Waals surface area (Å²) in [6.45, 7) is 2.13. The van der Waals surface area contributed by atoms with Gasteiger partial charge in [0.25, 0.3) is 0 Å². The Labute approximate surface area is 82.9 Å². The molecule has 0 radical (unpaired) electrons. The Kier molecular flexibility index (Phi) is 3.41. The average molecular weight is 207 g/mol. The fourth-order valence-electron chi connectivity index (χ4n) is 1.13. The second kappa shape index (κ2) is 4.15. The summed E-state index contributed by atoms with van der Waals surface area (Å²) in [5.74, 6) is 0. The molecule has 0 saturated carbocycles. The highest BCUT2D eigenvalue weighted by Gasteiger charge is 2.30. The fraction of sp³-hybridized carbons (Fsp3) is 0.625. The number of aliphatic imine (C=N–C) groups is 1. The van der Waals surface area contributed by atoms with E-state index in [1.54, 1.807) is 13.1 Å². The van der Waals surface area contributed by atoms with Gasteiger partial charge in [-0.15, -0.1) is 0 Å². The number of rotatable bonds is 2. The van der Waals surface area contributed by atoms with E-state index >= 15 is 0 Å². The summed E-state index contributed by atoms with van der Waals surface area (Å²) in [4.78, 5) is 5.85. The highest BCUT2D eigenvalue weighted by Crippen LogP contribution is 2.28. The Hall–Kier alpha value is -0.210. The molecule has 0 aliphatic carbocycles. The number of hydrogen-bond acceptors (Lipinski definition) is 2. The zero-order valence-electron chi connectivity index (χ0n) is 7.17. The molecule has 12 heavy (non-hydrogen) atoms. The molecule has 0 bridgehead atoms. The van der Waals surface area contributed by atoms with Crippen molar-refractivity contribution in [2.75, 3.05) is 7.05 Å². The molecule has 0 amide bonds. The Morgan fingerprint density at radius 1 is 1.67 bits per heavy atom. The van der Waals surface area contributed by atoms with Crippen LogP contribution in [0.4, 0.5) is 0 Å². The van der Waals surface area contributed by atoms with Crippen molar-refractivity contribution in [1.29, 1.82) is 0 Å². The number of allylic oxidation sites excluding steroid dienone is 1. The molecule has 1 saturated heterocycles. The lowest BCUT2D eigenvalue weighted by atomic mass is 10.1. The smallest absolute Gasteiger partial charge is 0.124 e. The summed E-state index contributed by atoms with van der Waals surface area (Å²) < 4.78 is 0. The molecule has 1 fully saturated rings. The normalized spacial score (nSPS) is 31.0. The van der Waals surface area contributed by atoms with E-state index in [9.17, 15) is 0 Å². The number of likely N-dealkylation sites (tertiary alicyclic amines) is 1. The predicted molar refractivity (Wildman–Crippen MR) is 53.9 cm³/mol. The third kappa shape index (κ3) is 2.14. The van der Waals surface area contributed by atoms with E-state index in [1.165, 1.54) is 0 Å². The third-order valence-electron chi connectivity index (χ3n) is 1.97. The fourth-order valence-corrected chi connectivity index (χ4v) is 1.70. The Morgan fingerprint density at radius 2 is 2.33 bits per heavy atom. The van der Waals surface area contributed by atoms with Crippen molar-refractivity contribution in [1.82, 2.24) is 4.90 Å². The van der Waals surface area contributed by atoms with Crippen LogP contribution in [-0.2, 0) is 0 Å². The summed E-state index contributed by atoms with van der Waals surface area (Å²) in [5.41, 5.74) is 0.123. The maximum Gasteiger partial charge on any atom is 0.124 e. The van der Waals surface area contributed by atoms with Crippen LogP contribution in [0, 0.1) is 0 Å². The Bertz CT molecular complexity index is 205. The van der Waals surface area contributed by atoms with Gasteiger partial charge in [0, 0.05) is 25.7 Å². The lowest BCUT2D eigenvalue weighted by Gasteiger charge is -2.43. The van der Waals surface area contributed by atoms with Gasteiger partial charge < -0.3 is 4.90 Å². The molecule has 2 unspecified atom stereocenters. The predicted octanol–water partition coefficient (Wildman–Crippen LogP) is 2.43. The van der Waals surface area contributed by atoms with Crippen LogP contribution in [-0.4, -0.2) is 28.7 Å².